The van der Waals surface area contributed by atoms with Gasteiger partial charge in [0, 0.05) is 0 Å². The Kier molecular flexibility index (Phi) is 1.88. The minimum atomic E-state index is -0.0950. The predicted molar refractivity (Wildman–Crippen MR) is 52.1 cm³/mol. The number of nitrogens with one attached hydrogen (secondary N) is 1. The molecule has 2 aromatic heterocycles. The fourth-order valence-electron chi connectivity index (χ4n) is 1.21. The van der Waals surface area contributed by atoms with Gasteiger partial charge in [-0.2, -0.15) is 4.37 Å². The summed E-state index contributed by atoms with van der Waals surface area (Å²) in [7, 11) is 0. The van der Waals surface area contributed by atoms with Crippen molar-refractivity contribution in [2.24, 2.45) is 0 Å². The standard InChI is InChI=1S/C8H9N3OS/c1-4(2)6-5-7(12)9-3-10-8(5)13-11-6/h3-4H,1-2H3,(H,9,10,12). The van der Waals surface area contributed by atoms with E-state index < -0.39 is 0 Å². The van der Waals surface area contributed by atoms with Crippen LogP contribution in [0.15, 0.2) is 11.1 Å². The molecule has 0 fully saturated rings. The summed E-state index contributed by atoms with van der Waals surface area (Å²) in [5.41, 5.74) is 0.747. The van der Waals surface area contributed by atoms with Gasteiger partial charge in [0.2, 0.25) is 0 Å². The molecule has 0 spiro atoms. The van der Waals surface area contributed by atoms with Crippen LogP contribution in [-0.4, -0.2) is 14.3 Å². The lowest BCUT2D eigenvalue weighted by molar-refractivity contribution is 0.847. The molecular formula is C8H9N3OS. The molecule has 2 rings (SSSR count). The Morgan fingerprint density at radius 3 is 3.00 bits per heavy atom. The molecule has 0 aliphatic rings. The first-order valence-corrected chi connectivity index (χ1v) is 4.80. The largest absolute Gasteiger partial charge is 0.312 e. The van der Waals surface area contributed by atoms with Crippen LogP contribution in [0.5, 0.6) is 0 Å². The Labute approximate surface area is 78.8 Å². The number of nitrogens with zero attached hydrogens (tertiary/aromatic N) is 2. The summed E-state index contributed by atoms with van der Waals surface area (Å²) in [6.45, 7) is 4.03. The van der Waals surface area contributed by atoms with Gasteiger partial charge >= 0.3 is 0 Å². The van der Waals surface area contributed by atoms with Crippen LogP contribution in [0.4, 0.5) is 0 Å². The van der Waals surface area contributed by atoms with E-state index in [0.29, 0.717) is 10.2 Å². The molecular weight excluding hydrogens is 186 g/mol. The van der Waals surface area contributed by atoms with Gasteiger partial charge in [-0.15, -0.1) is 0 Å². The highest BCUT2D eigenvalue weighted by Crippen LogP contribution is 2.22. The van der Waals surface area contributed by atoms with Crippen LogP contribution >= 0.6 is 11.5 Å². The first-order chi connectivity index (χ1) is 6.20. The summed E-state index contributed by atoms with van der Waals surface area (Å²) in [6.07, 6.45) is 1.41. The predicted octanol–water partition coefficient (Wildman–Crippen LogP) is 1.50. The maximum Gasteiger partial charge on any atom is 0.261 e. The minimum Gasteiger partial charge on any atom is -0.312 e. The molecule has 0 saturated heterocycles. The fraction of sp³-hybridized carbons (Fsp3) is 0.375. The zero-order chi connectivity index (χ0) is 9.42. The summed E-state index contributed by atoms with van der Waals surface area (Å²) in [6, 6.07) is 0. The first kappa shape index (κ1) is 8.37. The van der Waals surface area contributed by atoms with Gasteiger partial charge in [-0.05, 0) is 17.5 Å². The Balaban J connectivity index is 2.87. The second kappa shape index (κ2) is 2.92. The zero-order valence-electron chi connectivity index (χ0n) is 7.37. The molecule has 0 aromatic carbocycles. The average molecular weight is 195 g/mol. The lowest BCUT2D eigenvalue weighted by atomic mass is 10.1. The van der Waals surface area contributed by atoms with Gasteiger partial charge in [0.25, 0.3) is 5.56 Å². The lowest BCUT2D eigenvalue weighted by Gasteiger charge is -1.97. The van der Waals surface area contributed by atoms with Crippen molar-refractivity contribution in [3.8, 4) is 0 Å². The minimum absolute atomic E-state index is 0.0950. The fourth-order valence-corrected chi connectivity index (χ4v) is 2.09. The smallest absolute Gasteiger partial charge is 0.261 e. The van der Waals surface area contributed by atoms with E-state index in [4.69, 9.17) is 0 Å². The van der Waals surface area contributed by atoms with Gasteiger partial charge < -0.3 is 4.98 Å². The van der Waals surface area contributed by atoms with E-state index in [-0.39, 0.29) is 11.5 Å². The normalized spacial score (nSPS) is 11.3. The molecule has 0 aliphatic carbocycles. The molecule has 2 aromatic rings. The second-order valence-corrected chi connectivity index (χ2v) is 3.89. The summed E-state index contributed by atoms with van der Waals surface area (Å²) in [5.74, 6) is 0.263. The first-order valence-electron chi connectivity index (χ1n) is 4.03. The molecule has 0 unspecified atom stereocenters. The number of H-pyrrole nitrogens is 1. The molecule has 0 bridgehead atoms. The molecule has 0 saturated carbocycles. The van der Waals surface area contributed by atoms with Gasteiger partial charge in [0.1, 0.15) is 5.39 Å². The third-order valence-corrected chi connectivity index (χ3v) is 2.62. The van der Waals surface area contributed by atoms with Crippen LogP contribution in [0.3, 0.4) is 0 Å². The maximum atomic E-state index is 11.4. The van der Waals surface area contributed by atoms with Crippen LogP contribution in [0.2, 0.25) is 0 Å². The Hall–Kier alpha value is -1.23. The molecule has 2 heterocycles. The molecule has 13 heavy (non-hydrogen) atoms. The van der Waals surface area contributed by atoms with Crippen molar-refractivity contribution in [1.82, 2.24) is 14.3 Å². The average Bonchev–Trinajstić information content (AvgIpc) is 2.49. The SMILES string of the molecule is CC(C)c1nsc2nc[nH]c(=O)c12. The highest BCUT2D eigenvalue weighted by molar-refractivity contribution is 7.12. The van der Waals surface area contributed by atoms with E-state index in [1.165, 1.54) is 17.9 Å². The van der Waals surface area contributed by atoms with Gasteiger partial charge in [0.15, 0.2) is 4.83 Å². The molecule has 0 amide bonds. The maximum absolute atomic E-state index is 11.4. The van der Waals surface area contributed by atoms with E-state index in [0.717, 1.165) is 5.69 Å². The molecule has 0 radical (unpaired) electrons. The third-order valence-electron chi connectivity index (χ3n) is 1.85. The van der Waals surface area contributed by atoms with Crippen LogP contribution < -0.4 is 5.56 Å². The van der Waals surface area contributed by atoms with Crippen LogP contribution in [0.25, 0.3) is 10.2 Å². The van der Waals surface area contributed by atoms with E-state index >= 15 is 0 Å². The van der Waals surface area contributed by atoms with Crippen LogP contribution in [0, 0.1) is 0 Å². The molecule has 5 heteroatoms. The Morgan fingerprint density at radius 2 is 2.31 bits per heavy atom. The molecule has 0 aliphatic heterocycles. The van der Waals surface area contributed by atoms with Crippen molar-refractivity contribution in [2.75, 3.05) is 0 Å². The Bertz CT molecular complexity index is 485. The molecule has 1 N–H and O–H groups in total. The number of aromatic amines is 1. The summed E-state index contributed by atoms with van der Waals surface area (Å²) >= 11 is 1.28. The van der Waals surface area contributed by atoms with Gasteiger partial charge in [-0.3, -0.25) is 4.79 Å². The van der Waals surface area contributed by atoms with Crippen LogP contribution in [0.1, 0.15) is 25.5 Å². The molecule has 68 valence electrons. The number of aromatic nitrogens is 3. The van der Waals surface area contributed by atoms with E-state index in [1.807, 2.05) is 13.8 Å². The quantitative estimate of drug-likeness (QED) is 0.750. The Morgan fingerprint density at radius 1 is 1.54 bits per heavy atom. The highest BCUT2D eigenvalue weighted by Gasteiger charge is 2.12. The molecule has 4 nitrogen and oxygen atoms in total. The lowest BCUT2D eigenvalue weighted by Crippen LogP contribution is -2.07. The number of hydrogen-bond acceptors (Lipinski definition) is 4. The summed E-state index contributed by atoms with van der Waals surface area (Å²) in [5, 5.41) is 0.641. The molecule has 0 atom stereocenters. The van der Waals surface area contributed by atoms with Crippen molar-refractivity contribution in [3.63, 3.8) is 0 Å². The second-order valence-electron chi connectivity index (χ2n) is 3.13. The van der Waals surface area contributed by atoms with E-state index in [2.05, 4.69) is 14.3 Å². The highest BCUT2D eigenvalue weighted by atomic mass is 32.1. The van der Waals surface area contributed by atoms with E-state index in [1.54, 1.807) is 0 Å². The van der Waals surface area contributed by atoms with Gasteiger partial charge in [-0.25, -0.2) is 4.98 Å². The van der Waals surface area contributed by atoms with Gasteiger partial charge in [-0.1, -0.05) is 13.8 Å². The van der Waals surface area contributed by atoms with Crippen molar-refractivity contribution in [1.29, 1.82) is 0 Å². The van der Waals surface area contributed by atoms with Crippen molar-refractivity contribution < 1.29 is 0 Å². The van der Waals surface area contributed by atoms with E-state index in [9.17, 15) is 4.79 Å². The topological polar surface area (TPSA) is 58.6 Å². The number of rotatable bonds is 1. The zero-order valence-corrected chi connectivity index (χ0v) is 8.18. The monoisotopic (exact) mass is 195 g/mol. The summed E-state index contributed by atoms with van der Waals surface area (Å²) in [4.78, 5) is 18.8. The van der Waals surface area contributed by atoms with Crippen molar-refractivity contribution in [2.45, 2.75) is 19.8 Å². The van der Waals surface area contributed by atoms with Crippen LogP contribution in [-0.2, 0) is 0 Å². The number of fused-ring (bicyclic) bond motifs is 1. The third kappa shape index (κ3) is 1.25. The van der Waals surface area contributed by atoms with Crippen molar-refractivity contribution in [3.05, 3.63) is 22.4 Å². The summed E-state index contributed by atoms with van der Waals surface area (Å²) < 4.78 is 4.21. The number of hydrogen-bond donors (Lipinski definition) is 1. The van der Waals surface area contributed by atoms with Crippen molar-refractivity contribution >= 4 is 21.7 Å². The van der Waals surface area contributed by atoms with Gasteiger partial charge in [0.05, 0.1) is 12.0 Å².